The summed E-state index contributed by atoms with van der Waals surface area (Å²) < 4.78 is 0.910. The van der Waals surface area contributed by atoms with Crippen molar-refractivity contribution in [3.05, 3.63) is 33.3 Å². The Kier molecular flexibility index (Phi) is 4.89. The van der Waals surface area contributed by atoms with Gasteiger partial charge in [-0.1, -0.05) is 24.6 Å². The summed E-state index contributed by atoms with van der Waals surface area (Å²) in [6.07, 6.45) is 0. The predicted octanol–water partition coefficient (Wildman–Crippen LogP) is 2.71. The molecular weight excluding hydrogens is 263 g/mol. The van der Waals surface area contributed by atoms with E-state index in [1.54, 1.807) is 0 Å². The largest absolute Gasteiger partial charge is 0.329 e. The van der Waals surface area contributed by atoms with Crippen LogP contribution in [0.2, 0.25) is 5.02 Å². The molecule has 1 unspecified atom stereocenters. The molecule has 2 nitrogen and oxygen atoms in total. The lowest BCUT2D eigenvalue weighted by molar-refractivity contribution is 0.561. The molecule has 1 rings (SSSR count). The van der Waals surface area contributed by atoms with Crippen LogP contribution in [-0.4, -0.2) is 13.1 Å². The molecule has 1 atom stereocenters. The summed E-state index contributed by atoms with van der Waals surface area (Å²) in [5.41, 5.74) is 6.83. The number of nitrogens with one attached hydrogen (secondary N) is 1. The Bertz CT molecular complexity index is 304. The predicted molar refractivity (Wildman–Crippen MR) is 64.6 cm³/mol. The van der Waals surface area contributed by atoms with E-state index in [2.05, 4.69) is 28.2 Å². The van der Waals surface area contributed by atoms with Crippen molar-refractivity contribution in [2.45, 2.75) is 13.0 Å². The number of rotatable bonds is 4. The second kappa shape index (κ2) is 5.71. The van der Waals surface area contributed by atoms with Crippen LogP contribution in [0.1, 0.15) is 18.5 Å². The number of likely N-dealkylation sites (N-methyl/N-ethyl adjacent to an activating group) is 1. The number of halogens is 2. The number of benzene rings is 1. The Labute approximate surface area is 98.0 Å². The van der Waals surface area contributed by atoms with Gasteiger partial charge in [-0.15, -0.1) is 0 Å². The van der Waals surface area contributed by atoms with E-state index < -0.39 is 0 Å². The molecule has 14 heavy (non-hydrogen) atoms. The molecule has 0 saturated heterocycles. The maximum atomic E-state index is 5.91. The lowest BCUT2D eigenvalue weighted by Crippen LogP contribution is -2.27. The molecule has 0 heterocycles. The second-order valence-corrected chi connectivity index (χ2v) is 4.28. The average Bonchev–Trinajstić information content (AvgIpc) is 2.19. The minimum absolute atomic E-state index is 0.202. The Balaban J connectivity index is 2.88. The van der Waals surface area contributed by atoms with Crippen LogP contribution in [0.15, 0.2) is 22.7 Å². The van der Waals surface area contributed by atoms with Crippen molar-refractivity contribution in [1.29, 1.82) is 0 Å². The highest BCUT2D eigenvalue weighted by molar-refractivity contribution is 9.10. The fourth-order valence-corrected chi connectivity index (χ4v) is 1.83. The molecule has 0 aliphatic heterocycles. The van der Waals surface area contributed by atoms with Crippen LogP contribution in [0.25, 0.3) is 0 Å². The molecule has 0 saturated carbocycles. The summed E-state index contributed by atoms with van der Waals surface area (Å²) >= 11 is 9.30. The van der Waals surface area contributed by atoms with Gasteiger partial charge in [-0.05, 0) is 40.2 Å². The summed E-state index contributed by atoms with van der Waals surface area (Å²) in [5, 5.41) is 4.03. The second-order valence-electron chi connectivity index (χ2n) is 3.02. The first-order valence-electron chi connectivity index (χ1n) is 4.57. The first-order chi connectivity index (χ1) is 6.69. The van der Waals surface area contributed by atoms with Gasteiger partial charge in [0.05, 0.1) is 5.02 Å². The minimum atomic E-state index is 0.202. The van der Waals surface area contributed by atoms with Gasteiger partial charge in [0.25, 0.3) is 0 Å². The zero-order valence-corrected chi connectivity index (χ0v) is 10.4. The van der Waals surface area contributed by atoms with Crippen LogP contribution < -0.4 is 11.1 Å². The topological polar surface area (TPSA) is 38.0 Å². The van der Waals surface area contributed by atoms with Crippen molar-refractivity contribution >= 4 is 27.5 Å². The zero-order chi connectivity index (χ0) is 10.6. The Hall–Kier alpha value is -0.0900. The van der Waals surface area contributed by atoms with Gasteiger partial charge in [-0.2, -0.15) is 0 Å². The molecule has 1 aromatic rings. The maximum Gasteiger partial charge on any atom is 0.0548 e. The van der Waals surface area contributed by atoms with Crippen molar-refractivity contribution in [3.63, 3.8) is 0 Å². The molecule has 0 aliphatic rings. The summed E-state index contributed by atoms with van der Waals surface area (Å²) in [6, 6.07) is 6.07. The van der Waals surface area contributed by atoms with Gasteiger partial charge in [0.2, 0.25) is 0 Å². The van der Waals surface area contributed by atoms with E-state index in [1.807, 2.05) is 18.2 Å². The summed E-state index contributed by atoms with van der Waals surface area (Å²) in [7, 11) is 0. The highest BCUT2D eigenvalue weighted by Crippen LogP contribution is 2.25. The normalized spacial score (nSPS) is 12.9. The molecule has 0 spiro atoms. The fourth-order valence-electron chi connectivity index (χ4n) is 1.31. The number of nitrogens with two attached hydrogens (primary N) is 1. The molecule has 3 N–H and O–H groups in total. The van der Waals surface area contributed by atoms with Crippen LogP contribution in [0.4, 0.5) is 0 Å². The van der Waals surface area contributed by atoms with Crippen LogP contribution in [0.5, 0.6) is 0 Å². The molecule has 78 valence electrons. The highest BCUT2D eigenvalue weighted by Gasteiger charge is 2.08. The molecule has 1 aromatic carbocycles. The zero-order valence-electron chi connectivity index (χ0n) is 8.06. The highest BCUT2D eigenvalue weighted by atomic mass is 79.9. The minimum Gasteiger partial charge on any atom is -0.329 e. The first kappa shape index (κ1) is 12.0. The van der Waals surface area contributed by atoms with Crippen LogP contribution in [-0.2, 0) is 0 Å². The fraction of sp³-hybridized carbons (Fsp3) is 0.400. The quantitative estimate of drug-likeness (QED) is 0.888. The van der Waals surface area contributed by atoms with Gasteiger partial charge in [0.1, 0.15) is 0 Å². The third kappa shape index (κ3) is 2.95. The number of hydrogen-bond donors (Lipinski definition) is 2. The van der Waals surface area contributed by atoms with Crippen LogP contribution >= 0.6 is 27.5 Å². The summed E-state index contributed by atoms with van der Waals surface area (Å²) in [6.45, 7) is 3.55. The third-order valence-corrected chi connectivity index (χ3v) is 3.25. The maximum absolute atomic E-state index is 5.91. The third-order valence-electron chi connectivity index (χ3n) is 2.03. The summed E-state index contributed by atoms with van der Waals surface area (Å²) in [5.74, 6) is 0. The Morgan fingerprint density at radius 3 is 2.79 bits per heavy atom. The van der Waals surface area contributed by atoms with E-state index in [9.17, 15) is 0 Å². The van der Waals surface area contributed by atoms with Crippen molar-refractivity contribution in [2.75, 3.05) is 13.1 Å². The Morgan fingerprint density at radius 2 is 2.29 bits per heavy atom. The Morgan fingerprint density at radius 1 is 1.57 bits per heavy atom. The molecule has 0 radical (unpaired) electrons. The van der Waals surface area contributed by atoms with E-state index in [1.165, 1.54) is 0 Å². The molecule has 0 fully saturated rings. The van der Waals surface area contributed by atoms with E-state index in [0.717, 1.165) is 21.6 Å². The standard InChI is InChI=1S/C10H14BrClN2/c1-2-14-10(6-13)7-3-4-9(12)8(11)5-7/h3-5,10,14H,2,6,13H2,1H3. The van der Waals surface area contributed by atoms with Crippen molar-refractivity contribution in [2.24, 2.45) is 5.73 Å². The van der Waals surface area contributed by atoms with Gasteiger partial charge in [-0.3, -0.25) is 0 Å². The van der Waals surface area contributed by atoms with Crippen molar-refractivity contribution in [1.82, 2.24) is 5.32 Å². The van der Waals surface area contributed by atoms with Gasteiger partial charge in [0.15, 0.2) is 0 Å². The number of hydrogen-bond acceptors (Lipinski definition) is 2. The first-order valence-corrected chi connectivity index (χ1v) is 5.74. The van der Waals surface area contributed by atoms with Gasteiger partial charge in [0, 0.05) is 17.1 Å². The van der Waals surface area contributed by atoms with Gasteiger partial charge in [-0.25, -0.2) is 0 Å². The van der Waals surface area contributed by atoms with Crippen LogP contribution in [0.3, 0.4) is 0 Å². The van der Waals surface area contributed by atoms with E-state index >= 15 is 0 Å². The van der Waals surface area contributed by atoms with Crippen molar-refractivity contribution < 1.29 is 0 Å². The van der Waals surface area contributed by atoms with E-state index in [4.69, 9.17) is 17.3 Å². The molecule has 0 aromatic heterocycles. The SMILES string of the molecule is CCNC(CN)c1ccc(Cl)c(Br)c1. The monoisotopic (exact) mass is 276 g/mol. The van der Waals surface area contributed by atoms with Crippen LogP contribution in [0, 0.1) is 0 Å². The average molecular weight is 278 g/mol. The lowest BCUT2D eigenvalue weighted by atomic mass is 10.1. The van der Waals surface area contributed by atoms with Gasteiger partial charge >= 0.3 is 0 Å². The smallest absolute Gasteiger partial charge is 0.0548 e. The molecule has 0 amide bonds. The van der Waals surface area contributed by atoms with Gasteiger partial charge < -0.3 is 11.1 Å². The molecular formula is C10H14BrClN2. The van der Waals surface area contributed by atoms with E-state index in [0.29, 0.717) is 6.54 Å². The molecule has 4 heteroatoms. The molecule has 0 bridgehead atoms. The summed E-state index contributed by atoms with van der Waals surface area (Å²) in [4.78, 5) is 0. The lowest BCUT2D eigenvalue weighted by Gasteiger charge is -2.16. The van der Waals surface area contributed by atoms with Crippen molar-refractivity contribution in [3.8, 4) is 0 Å². The molecule has 0 aliphatic carbocycles. The van der Waals surface area contributed by atoms with E-state index in [-0.39, 0.29) is 6.04 Å².